The Labute approximate surface area is 157 Å². The normalized spacial score (nSPS) is 10.5. The summed E-state index contributed by atoms with van der Waals surface area (Å²) in [6.07, 6.45) is 0.709. The van der Waals surface area contributed by atoms with Gasteiger partial charge in [0.15, 0.2) is 12.0 Å². The lowest BCUT2D eigenvalue weighted by molar-refractivity contribution is 0.110. The highest BCUT2D eigenvalue weighted by molar-refractivity contribution is 5.75. The number of carbonyl (C=O) groups excluding carboxylic acids is 1. The molecule has 3 nitrogen and oxygen atoms in total. The van der Waals surface area contributed by atoms with E-state index in [1.165, 1.54) is 0 Å². The molecule has 0 radical (unpaired) electrons. The van der Waals surface area contributed by atoms with Crippen LogP contribution in [0.15, 0.2) is 95.4 Å². The quantitative estimate of drug-likeness (QED) is 0.398. The summed E-state index contributed by atoms with van der Waals surface area (Å²) in [5, 5.41) is 0. The number of aldehydes is 1. The number of benzene rings is 3. The monoisotopic (exact) mass is 354 g/mol. The second kappa shape index (κ2) is 7.75. The summed E-state index contributed by atoms with van der Waals surface area (Å²) < 4.78 is 11.5. The van der Waals surface area contributed by atoms with Gasteiger partial charge in [-0.25, -0.2) is 0 Å². The van der Waals surface area contributed by atoms with Crippen molar-refractivity contribution >= 4 is 6.29 Å². The first-order chi connectivity index (χ1) is 13.3. The Morgan fingerprint density at radius 3 is 2.26 bits per heavy atom. The maximum absolute atomic E-state index is 10.8. The first kappa shape index (κ1) is 16.9. The summed E-state index contributed by atoms with van der Waals surface area (Å²) >= 11 is 0. The lowest BCUT2D eigenvalue weighted by atomic mass is 10.0. The smallest absolute Gasteiger partial charge is 0.185 e. The van der Waals surface area contributed by atoms with Gasteiger partial charge in [0, 0.05) is 5.56 Å². The van der Waals surface area contributed by atoms with Gasteiger partial charge >= 0.3 is 0 Å². The number of ether oxygens (including phenoxy) is 1. The van der Waals surface area contributed by atoms with Crippen molar-refractivity contribution in [2.45, 2.75) is 6.61 Å². The molecule has 3 heteroatoms. The van der Waals surface area contributed by atoms with Crippen LogP contribution in [0.3, 0.4) is 0 Å². The number of carbonyl (C=O) groups is 1. The Morgan fingerprint density at radius 1 is 0.741 bits per heavy atom. The summed E-state index contributed by atoms with van der Waals surface area (Å²) in [4.78, 5) is 10.8. The molecule has 3 aromatic carbocycles. The molecule has 0 N–H and O–H groups in total. The lowest BCUT2D eigenvalue weighted by Gasteiger charge is -2.09. The van der Waals surface area contributed by atoms with Gasteiger partial charge in [-0.05, 0) is 47.0 Å². The molecular weight excluding hydrogens is 336 g/mol. The van der Waals surface area contributed by atoms with Crippen LogP contribution in [0.4, 0.5) is 0 Å². The minimum atomic E-state index is 0.326. The van der Waals surface area contributed by atoms with Crippen LogP contribution in [0.25, 0.3) is 22.5 Å². The number of rotatable bonds is 6. The molecule has 0 bridgehead atoms. The minimum absolute atomic E-state index is 0.326. The minimum Gasteiger partial charge on any atom is -0.489 e. The van der Waals surface area contributed by atoms with E-state index in [2.05, 4.69) is 0 Å². The molecule has 4 rings (SSSR count). The predicted octanol–water partition coefficient (Wildman–Crippen LogP) is 6.01. The summed E-state index contributed by atoms with van der Waals surface area (Å²) in [5.74, 6) is 1.82. The zero-order valence-electron chi connectivity index (χ0n) is 14.7. The Bertz CT molecular complexity index is 1050. The van der Waals surface area contributed by atoms with E-state index < -0.39 is 0 Å². The second-order valence-corrected chi connectivity index (χ2v) is 6.20. The molecule has 0 aliphatic heterocycles. The van der Waals surface area contributed by atoms with Gasteiger partial charge in [-0.3, -0.25) is 4.79 Å². The van der Waals surface area contributed by atoms with Crippen LogP contribution < -0.4 is 4.74 Å². The van der Waals surface area contributed by atoms with Gasteiger partial charge in [0.2, 0.25) is 0 Å². The fourth-order valence-corrected chi connectivity index (χ4v) is 2.93. The topological polar surface area (TPSA) is 39.4 Å². The van der Waals surface area contributed by atoms with Crippen molar-refractivity contribution in [2.75, 3.05) is 0 Å². The predicted molar refractivity (Wildman–Crippen MR) is 106 cm³/mol. The van der Waals surface area contributed by atoms with Crippen molar-refractivity contribution in [3.63, 3.8) is 0 Å². The van der Waals surface area contributed by atoms with Gasteiger partial charge in [0.1, 0.15) is 18.1 Å². The van der Waals surface area contributed by atoms with Crippen LogP contribution in [0.1, 0.15) is 16.1 Å². The third-order valence-electron chi connectivity index (χ3n) is 4.31. The van der Waals surface area contributed by atoms with Crippen molar-refractivity contribution in [1.29, 1.82) is 0 Å². The van der Waals surface area contributed by atoms with E-state index in [0.29, 0.717) is 24.4 Å². The molecule has 0 fully saturated rings. The first-order valence-corrected chi connectivity index (χ1v) is 8.74. The molecule has 1 heterocycles. The molecule has 0 saturated heterocycles. The molecule has 0 aliphatic rings. The van der Waals surface area contributed by atoms with Gasteiger partial charge in [-0.1, -0.05) is 60.7 Å². The van der Waals surface area contributed by atoms with Crippen molar-refractivity contribution < 1.29 is 13.9 Å². The molecule has 0 saturated carbocycles. The fourth-order valence-electron chi connectivity index (χ4n) is 2.93. The molecule has 0 unspecified atom stereocenters. The third kappa shape index (κ3) is 3.98. The molecule has 0 amide bonds. The summed E-state index contributed by atoms with van der Waals surface area (Å²) in [5.41, 5.74) is 4.18. The first-order valence-electron chi connectivity index (χ1n) is 8.74. The van der Waals surface area contributed by atoms with Crippen LogP contribution in [0, 0.1) is 0 Å². The average Bonchev–Trinajstić information content (AvgIpc) is 3.23. The zero-order valence-corrected chi connectivity index (χ0v) is 14.7. The van der Waals surface area contributed by atoms with Crippen molar-refractivity contribution in [3.8, 4) is 28.2 Å². The summed E-state index contributed by atoms with van der Waals surface area (Å²) in [6, 6.07) is 29.6. The average molecular weight is 354 g/mol. The Hall–Kier alpha value is -3.59. The van der Waals surface area contributed by atoms with Gasteiger partial charge in [-0.15, -0.1) is 0 Å². The summed E-state index contributed by atoms with van der Waals surface area (Å²) in [7, 11) is 0. The highest BCUT2D eigenvalue weighted by Crippen LogP contribution is 2.29. The Balaban J connectivity index is 1.56. The van der Waals surface area contributed by atoms with E-state index in [1.54, 1.807) is 6.07 Å². The van der Waals surface area contributed by atoms with Crippen LogP contribution in [-0.2, 0) is 6.61 Å². The standard InChI is InChI=1S/C24H18O3/c25-16-23-12-13-24(27-23)21-10-4-8-19(14-21)20-9-5-11-22(15-20)26-17-18-6-2-1-3-7-18/h1-16H,17H2. The SMILES string of the molecule is O=Cc1ccc(-c2cccc(-c3cccc(OCc4ccccc4)c3)c2)o1. The molecule has 1 aromatic heterocycles. The maximum Gasteiger partial charge on any atom is 0.185 e. The third-order valence-corrected chi connectivity index (χ3v) is 4.31. The van der Waals surface area contributed by atoms with E-state index in [9.17, 15) is 4.79 Å². The summed E-state index contributed by atoms with van der Waals surface area (Å²) in [6.45, 7) is 0.533. The van der Waals surface area contributed by atoms with E-state index in [1.807, 2.05) is 84.9 Å². The number of hydrogen-bond donors (Lipinski definition) is 0. The van der Waals surface area contributed by atoms with Crippen molar-refractivity contribution in [3.05, 3.63) is 102 Å². The molecule has 0 spiro atoms. The largest absolute Gasteiger partial charge is 0.489 e. The molecule has 27 heavy (non-hydrogen) atoms. The molecule has 4 aromatic rings. The van der Waals surface area contributed by atoms with Gasteiger partial charge < -0.3 is 9.15 Å². The van der Waals surface area contributed by atoms with Crippen LogP contribution in [0.2, 0.25) is 0 Å². The van der Waals surface area contributed by atoms with Crippen molar-refractivity contribution in [1.82, 2.24) is 0 Å². The van der Waals surface area contributed by atoms with E-state index >= 15 is 0 Å². The molecule has 132 valence electrons. The molecule has 0 atom stereocenters. The van der Waals surface area contributed by atoms with Crippen LogP contribution in [0.5, 0.6) is 5.75 Å². The van der Waals surface area contributed by atoms with Gasteiger partial charge in [0.05, 0.1) is 0 Å². The second-order valence-electron chi connectivity index (χ2n) is 6.20. The van der Waals surface area contributed by atoms with Crippen molar-refractivity contribution in [2.24, 2.45) is 0 Å². The maximum atomic E-state index is 10.8. The fraction of sp³-hybridized carbons (Fsp3) is 0.0417. The lowest BCUT2D eigenvalue weighted by Crippen LogP contribution is -1.95. The van der Waals surface area contributed by atoms with Gasteiger partial charge in [0.25, 0.3) is 0 Å². The highest BCUT2D eigenvalue weighted by Gasteiger charge is 2.07. The van der Waals surface area contributed by atoms with Crippen LogP contribution in [-0.4, -0.2) is 6.29 Å². The molecule has 0 aliphatic carbocycles. The van der Waals surface area contributed by atoms with E-state index in [4.69, 9.17) is 9.15 Å². The van der Waals surface area contributed by atoms with Crippen LogP contribution >= 0.6 is 0 Å². The number of hydrogen-bond acceptors (Lipinski definition) is 3. The number of furan rings is 1. The Morgan fingerprint density at radius 2 is 1.48 bits per heavy atom. The zero-order chi connectivity index (χ0) is 18.5. The van der Waals surface area contributed by atoms with E-state index in [0.717, 1.165) is 28.0 Å². The molecular formula is C24H18O3. The van der Waals surface area contributed by atoms with Gasteiger partial charge in [-0.2, -0.15) is 0 Å². The highest BCUT2D eigenvalue weighted by atomic mass is 16.5. The van der Waals surface area contributed by atoms with E-state index in [-0.39, 0.29) is 0 Å². The Kier molecular flexibility index (Phi) is 4.84.